The number of nitrogens with zero attached hydrogens (tertiary/aromatic N) is 3. The van der Waals surface area contributed by atoms with Gasteiger partial charge < -0.3 is 9.88 Å². The zero-order valence-electron chi connectivity index (χ0n) is 17.7. The Labute approximate surface area is 180 Å². The molecule has 1 N–H and O–H groups in total. The highest BCUT2D eigenvalue weighted by Crippen LogP contribution is 2.27. The molecule has 1 saturated carbocycles. The number of carbonyl (C=O) groups is 1. The summed E-state index contributed by atoms with van der Waals surface area (Å²) in [6.07, 6.45) is 6.04. The Bertz CT molecular complexity index is 1330. The van der Waals surface area contributed by atoms with E-state index in [4.69, 9.17) is 0 Å². The molecule has 6 heteroatoms. The van der Waals surface area contributed by atoms with Gasteiger partial charge in [0, 0.05) is 28.9 Å². The van der Waals surface area contributed by atoms with Crippen LogP contribution in [0.15, 0.2) is 59.5 Å². The van der Waals surface area contributed by atoms with Crippen LogP contribution in [0.25, 0.3) is 21.8 Å². The third-order valence-corrected chi connectivity index (χ3v) is 6.38. The van der Waals surface area contributed by atoms with E-state index < -0.39 is 0 Å². The zero-order chi connectivity index (χ0) is 21.4. The van der Waals surface area contributed by atoms with Crippen molar-refractivity contribution in [2.24, 2.45) is 0 Å². The van der Waals surface area contributed by atoms with Crippen molar-refractivity contribution in [3.8, 4) is 0 Å². The minimum absolute atomic E-state index is 0.0584. The van der Waals surface area contributed by atoms with E-state index in [-0.39, 0.29) is 24.1 Å². The molecule has 1 aliphatic carbocycles. The number of fused-ring (bicyclic) bond motifs is 3. The summed E-state index contributed by atoms with van der Waals surface area (Å²) < 4.78 is 3.35. The summed E-state index contributed by atoms with van der Waals surface area (Å²) in [4.78, 5) is 26.0. The second-order valence-corrected chi connectivity index (χ2v) is 8.45. The lowest BCUT2D eigenvalue weighted by Crippen LogP contribution is -2.38. The molecule has 0 unspecified atom stereocenters. The van der Waals surface area contributed by atoms with Crippen LogP contribution in [0, 0.1) is 6.92 Å². The van der Waals surface area contributed by atoms with Gasteiger partial charge in [-0.25, -0.2) is 4.68 Å². The largest absolute Gasteiger partial charge is 0.352 e. The molecule has 158 valence electrons. The predicted octanol–water partition coefficient (Wildman–Crippen LogP) is 3.77. The van der Waals surface area contributed by atoms with Crippen LogP contribution < -0.4 is 10.9 Å². The smallest absolute Gasteiger partial charge is 0.291 e. The molecular formula is C25H26N4O2. The number of hydrogen-bond donors (Lipinski definition) is 1. The van der Waals surface area contributed by atoms with Crippen LogP contribution >= 0.6 is 0 Å². The molecule has 0 radical (unpaired) electrons. The van der Waals surface area contributed by atoms with Gasteiger partial charge in [-0.2, -0.15) is 5.10 Å². The molecule has 31 heavy (non-hydrogen) atoms. The second-order valence-electron chi connectivity index (χ2n) is 8.45. The molecule has 0 bridgehead atoms. The summed E-state index contributed by atoms with van der Waals surface area (Å²) in [5.41, 5.74) is 3.69. The fourth-order valence-electron chi connectivity index (χ4n) is 4.71. The molecule has 0 spiro atoms. The molecule has 1 aliphatic rings. The lowest BCUT2D eigenvalue weighted by molar-refractivity contribution is -0.122. The topological polar surface area (TPSA) is 68.9 Å². The Balaban J connectivity index is 1.59. The highest BCUT2D eigenvalue weighted by molar-refractivity contribution is 6.07. The molecule has 2 aromatic heterocycles. The van der Waals surface area contributed by atoms with E-state index in [1.54, 1.807) is 6.20 Å². The summed E-state index contributed by atoms with van der Waals surface area (Å²) in [6, 6.07) is 16.4. The van der Waals surface area contributed by atoms with Crippen molar-refractivity contribution >= 4 is 27.7 Å². The van der Waals surface area contributed by atoms with Gasteiger partial charge in [0.25, 0.3) is 5.56 Å². The Kier molecular flexibility index (Phi) is 5.06. The Morgan fingerprint density at radius 3 is 2.61 bits per heavy atom. The third kappa shape index (κ3) is 3.63. The van der Waals surface area contributed by atoms with Crippen molar-refractivity contribution < 1.29 is 4.79 Å². The highest BCUT2D eigenvalue weighted by atomic mass is 16.2. The van der Waals surface area contributed by atoms with Gasteiger partial charge in [0.1, 0.15) is 12.1 Å². The number of carbonyl (C=O) groups excluding carboxylic acids is 1. The van der Waals surface area contributed by atoms with Gasteiger partial charge >= 0.3 is 0 Å². The first-order chi connectivity index (χ1) is 15.1. The average molecular weight is 415 g/mol. The minimum atomic E-state index is -0.233. The molecular weight excluding hydrogens is 388 g/mol. The number of para-hydroxylation sites is 1. The lowest BCUT2D eigenvalue weighted by Gasteiger charge is -2.13. The van der Waals surface area contributed by atoms with Crippen molar-refractivity contribution in [2.45, 2.75) is 51.7 Å². The summed E-state index contributed by atoms with van der Waals surface area (Å²) in [7, 11) is 0. The Morgan fingerprint density at radius 1 is 1.06 bits per heavy atom. The van der Waals surface area contributed by atoms with E-state index in [2.05, 4.69) is 34.0 Å². The van der Waals surface area contributed by atoms with E-state index >= 15 is 0 Å². The summed E-state index contributed by atoms with van der Waals surface area (Å²) in [5, 5.41) is 9.20. The van der Waals surface area contributed by atoms with Gasteiger partial charge in [-0.15, -0.1) is 0 Å². The van der Waals surface area contributed by atoms with Gasteiger partial charge in [-0.05, 0) is 37.0 Å². The van der Waals surface area contributed by atoms with Crippen LogP contribution in [0.1, 0.15) is 36.8 Å². The zero-order valence-corrected chi connectivity index (χ0v) is 17.7. The van der Waals surface area contributed by atoms with Crippen LogP contribution in [-0.2, 0) is 17.9 Å². The van der Waals surface area contributed by atoms with Crippen molar-refractivity contribution in [2.75, 3.05) is 0 Å². The van der Waals surface area contributed by atoms with Crippen molar-refractivity contribution in [3.63, 3.8) is 0 Å². The molecule has 6 nitrogen and oxygen atoms in total. The Morgan fingerprint density at radius 2 is 1.81 bits per heavy atom. The minimum Gasteiger partial charge on any atom is -0.352 e. The molecule has 0 atom stereocenters. The number of benzene rings is 2. The van der Waals surface area contributed by atoms with Gasteiger partial charge in [0.15, 0.2) is 0 Å². The number of nitrogens with one attached hydrogen (secondary N) is 1. The van der Waals surface area contributed by atoms with Crippen molar-refractivity contribution in [1.29, 1.82) is 0 Å². The van der Waals surface area contributed by atoms with Gasteiger partial charge in [-0.3, -0.25) is 9.59 Å². The van der Waals surface area contributed by atoms with E-state index in [0.29, 0.717) is 12.1 Å². The van der Waals surface area contributed by atoms with E-state index in [0.717, 1.165) is 47.5 Å². The summed E-state index contributed by atoms with van der Waals surface area (Å²) >= 11 is 0. The second kappa shape index (κ2) is 8.02. The molecule has 5 rings (SSSR count). The van der Waals surface area contributed by atoms with Crippen LogP contribution in [0.5, 0.6) is 0 Å². The summed E-state index contributed by atoms with van der Waals surface area (Å²) in [6.45, 7) is 2.61. The molecule has 2 heterocycles. The molecule has 4 aromatic rings. The Hall–Kier alpha value is -3.41. The van der Waals surface area contributed by atoms with Gasteiger partial charge in [0.05, 0.1) is 6.20 Å². The first kappa shape index (κ1) is 19.5. The van der Waals surface area contributed by atoms with Crippen molar-refractivity contribution in [1.82, 2.24) is 19.7 Å². The van der Waals surface area contributed by atoms with Crippen LogP contribution in [0.2, 0.25) is 0 Å². The highest BCUT2D eigenvalue weighted by Gasteiger charge is 2.20. The molecule has 2 aromatic carbocycles. The standard InChI is InChI=1S/C25H26N4O2/c1-17-8-2-3-9-18(17)15-28-22-13-7-6-12-20(22)21-14-26-29(25(31)24(21)28)16-23(30)27-19-10-4-5-11-19/h2-3,6-9,12-14,19H,4-5,10-11,15-16H2,1H3,(H,27,30). The number of amides is 1. The maximum Gasteiger partial charge on any atom is 0.291 e. The van der Waals surface area contributed by atoms with Crippen molar-refractivity contribution in [3.05, 3.63) is 76.2 Å². The summed E-state index contributed by atoms with van der Waals surface area (Å²) in [5.74, 6) is -0.151. The first-order valence-corrected chi connectivity index (χ1v) is 10.9. The van der Waals surface area contributed by atoms with E-state index in [9.17, 15) is 9.59 Å². The van der Waals surface area contributed by atoms with Crippen LogP contribution in [-0.4, -0.2) is 26.3 Å². The molecule has 0 saturated heterocycles. The fraction of sp³-hybridized carbons (Fsp3) is 0.320. The number of hydrogen-bond acceptors (Lipinski definition) is 3. The van der Waals surface area contributed by atoms with Gasteiger partial charge in [-0.1, -0.05) is 55.3 Å². The average Bonchev–Trinajstić information content (AvgIpc) is 3.38. The van der Waals surface area contributed by atoms with Crippen LogP contribution in [0.3, 0.4) is 0 Å². The van der Waals surface area contributed by atoms with E-state index in [1.807, 2.05) is 36.4 Å². The first-order valence-electron chi connectivity index (χ1n) is 10.9. The van der Waals surface area contributed by atoms with E-state index in [1.165, 1.54) is 10.2 Å². The molecule has 1 amide bonds. The SMILES string of the molecule is Cc1ccccc1Cn1c2ccccc2c2cnn(CC(=O)NC3CCCC3)c(=O)c21. The number of aryl methyl sites for hydroxylation is 1. The van der Waals surface area contributed by atoms with Gasteiger partial charge in [0.2, 0.25) is 5.91 Å². The molecule has 0 aliphatic heterocycles. The third-order valence-electron chi connectivity index (χ3n) is 6.38. The van der Waals surface area contributed by atoms with Crippen LogP contribution in [0.4, 0.5) is 0 Å². The fourth-order valence-corrected chi connectivity index (χ4v) is 4.71. The predicted molar refractivity (Wildman–Crippen MR) is 122 cm³/mol. The quantitative estimate of drug-likeness (QED) is 0.541. The maximum atomic E-state index is 13.5. The molecule has 1 fully saturated rings. The number of rotatable bonds is 5. The lowest BCUT2D eigenvalue weighted by atomic mass is 10.1. The normalized spacial score (nSPS) is 14.5. The monoisotopic (exact) mass is 414 g/mol. The maximum absolute atomic E-state index is 13.5. The number of aromatic nitrogens is 3.